The molecule has 0 fully saturated rings. The van der Waals surface area contributed by atoms with Gasteiger partial charge < -0.3 is 0 Å². The van der Waals surface area contributed by atoms with Crippen LogP contribution < -0.4 is 0 Å². The Hall–Kier alpha value is -2.15. The lowest BCUT2D eigenvalue weighted by Gasteiger charge is -2.16. The molecule has 1 nitrogen and oxygen atoms in total. The van der Waals surface area contributed by atoms with Crippen LogP contribution in [0.15, 0.2) is 42.6 Å². The minimum Gasteiger partial charge on any atom is -0.256 e. The molecule has 0 N–H and O–H groups in total. The molecule has 118 valence electrons. The molecule has 0 saturated heterocycles. The summed E-state index contributed by atoms with van der Waals surface area (Å²) in [4.78, 5) is 4.70. The molecule has 1 aromatic heterocycles. The smallest absolute Gasteiger partial charge is 0.0780 e. The van der Waals surface area contributed by atoms with Gasteiger partial charge in [-0.1, -0.05) is 43.2 Å². The Morgan fingerprint density at radius 3 is 2.26 bits per heavy atom. The number of aryl methyl sites for hydroxylation is 3. The van der Waals surface area contributed by atoms with Crippen molar-refractivity contribution in [3.05, 3.63) is 64.8 Å². The third-order valence-electron chi connectivity index (χ3n) is 4.90. The van der Waals surface area contributed by atoms with Gasteiger partial charge in [0, 0.05) is 17.1 Å². The minimum absolute atomic E-state index is 0.595. The first kappa shape index (κ1) is 15.7. The molecule has 0 amide bonds. The van der Waals surface area contributed by atoms with E-state index in [1.165, 1.54) is 45.0 Å². The Morgan fingerprint density at radius 2 is 1.61 bits per heavy atom. The first-order valence-corrected chi connectivity index (χ1v) is 8.48. The average molecular weight is 303 g/mol. The lowest BCUT2D eigenvalue weighted by molar-refractivity contribution is 0.730. The van der Waals surface area contributed by atoms with Crippen LogP contribution in [0.1, 0.15) is 48.4 Å². The quantitative estimate of drug-likeness (QED) is 0.550. The zero-order valence-electron chi connectivity index (χ0n) is 14.8. The predicted octanol–water partition coefficient (Wildman–Crippen LogP) is 6.34. The molecule has 23 heavy (non-hydrogen) atoms. The number of pyridine rings is 1. The van der Waals surface area contributed by atoms with Crippen LogP contribution in [0.3, 0.4) is 0 Å². The van der Waals surface area contributed by atoms with Crippen LogP contribution >= 0.6 is 0 Å². The summed E-state index contributed by atoms with van der Waals surface area (Å²) < 4.78 is 0. The first-order valence-electron chi connectivity index (χ1n) is 8.48. The Bertz CT molecular complexity index is 841. The van der Waals surface area contributed by atoms with E-state index in [0.29, 0.717) is 5.92 Å². The zero-order chi connectivity index (χ0) is 16.6. The molecule has 0 bridgehead atoms. The molecular formula is C22H25N. The van der Waals surface area contributed by atoms with E-state index in [4.69, 9.17) is 4.98 Å². The van der Waals surface area contributed by atoms with Crippen LogP contribution in [0.5, 0.6) is 0 Å². The van der Waals surface area contributed by atoms with Gasteiger partial charge in [0.25, 0.3) is 0 Å². The van der Waals surface area contributed by atoms with Crippen LogP contribution in [0.2, 0.25) is 0 Å². The van der Waals surface area contributed by atoms with Gasteiger partial charge in [-0.15, -0.1) is 0 Å². The maximum atomic E-state index is 4.70. The van der Waals surface area contributed by atoms with Crippen LogP contribution in [0, 0.1) is 20.8 Å². The molecule has 3 aromatic rings. The molecular weight excluding hydrogens is 278 g/mol. The molecule has 1 heterocycles. The Balaban J connectivity index is 2.26. The van der Waals surface area contributed by atoms with Crippen molar-refractivity contribution in [3.8, 4) is 11.3 Å². The van der Waals surface area contributed by atoms with E-state index in [2.05, 4.69) is 71.0 Å². The highest BCUT2D eigenvalue weighted by Gasteiger charge is 2.12. The molecule has 0 saturated carbocycles. The predicted molar refractivity (Wildman–Crippen MR) is 100 cm³/mol. The number of fused-ring (bicyclic) bond motifs is 1. The number of hydrogen-bond donors (Lipinski definition) is 0. The third-order valence-corrected chi connectivity index (χ3v) is 4.90. The topological polar surface area (TPSA) is 12.9 Å². The molecule has 0 radical (unpaired) electrons. The molecule has 1 atom stereocenters. The molecule has 1 unspecified atom stereocenters. The van der Waals surface area contributed by atoms with Crippen molar-refractivity contribution in [1.29, 1.82) is 0 Å². The van der Waals surface area contributed by atoms with Gasteiger partial charge >= 0.3 is 0 Å². The number of benzene rings is 2. The first-order chi connectivity index (χ1) is 11.0. The molecule has 2 aromatic carbocycles. The maximum Gasteiger partial charge on any atom is 0.0780 e. The monoisotopic (exact) mass is 303 g/mol. The van der Waals surface area contributed by atoms with Crippen molar-refractivity contribution in [2.75, 3.05) is 0 Å². The Kier molecular flexibility index (Phi) is 4.21. The number of rotatable bonds is 3. The largest absolute Gasteiger partial charge is 0.256 e. The molecule has 0 aliphatic heterocycles. The maximum absolute atomic E-state index is 4.70. The van der Waals surface area contributed by atoms with Gasteiger partial charge in [-0.05, 0) is 67.8 Å². The van der Waals surface area contributed by atoms with E-state index in [9.17, 15) is 0 Å². The normalized spacial score (nSPS) is 12.6. The summed E-state index contributed by atoms with van der Waals surface area (Å²) in [6, 6.07) is 13.4. The zero-order valence-corrected chi connectivity index (χ0v) is 14.8. The second-order valence-corrected chi connectivity index (χ2v) is 6.72. The van der Waals surface area contributed by atoms with Gasteiger partial charge in [0.15, 0.2) is 0 Å². The number of hydrogen-bond acceptors (Lipinski definition) is 1. The summed E-state index contributed by atoms with van der Waals surface area (Å²) in [5.74, 6) is 0.595. The van der Waals surface area contributed by atoms with E-state index in [-0.39, 0.29) is 0 Å². The summed E-state index contributed by atoms with van der Waals surface area (Å²) in [6.45, 7) is 11.1. The summed E-state index contributed by atoms with van der Waals surface area (Å²) in [6.07, 6.45) is 3.12. The summed E-state index contributed by atoms with van der Waals surface area (Å²) in [5, 5.41) is 2.58. The van der Waals surface area contributed by atoms with Crippen molar-refractivity contribution >= 4 is 10.8 Å². The van der Waals surface area contributed by atoms with E-state index in [1.54, 1.807) is 0 Å². The molecule has 3 rings (SSSR count). The van der Waals surface area contributed by atoms with Crippen LogP contribution in [-0.2, 0) is 0 Å². The summed E-state index contributed by atoms with van der Waals surface area (Å²) >= 11 is 0. The number of nitrogens with zero attached hydrogens (tertiary/aromatic N) is 1. The van der Waals surface area contributed by atoms with E-state index >= 15 is 0 Å². The van der Waals surface area contributed by atoms with Crippen LogP contribution in [-0.4, -0.2) is 4.98 Å². The fraction of sp³-hybridized carbons (Fsp3) is 0.318. The van der Waals surface area contributed by atoms with Crippen LogP contribution in [0.25, 0.3) is 22.0 Å². The molecule has 0 spiro atoms. The molecule has 0 aliphatic carbocycles. The lowest BCUT2D eigenvalue weighted by atomic mass is 9.90. The van der Waals surface area contributed by atoms with Gasteiger partial charge in [-0.25, -0.2) is 0 Å². The fourth-order valence-electron chi connectivity index (χ4n) is 3.52. The van der Waals surface area contributed by atoms with Crippen molar-refractivity contribution in [1.82, 2.24) is 4.98 Å². The Labute approximate surface area is 139 Å². The lowest BCUT2D eigenvalue weighted by Crippen LogP contribution is -1.97. The minimum atomic E-state index is 0.595. The van der Waals surface area contributed by atoms with Crippen molar-refractivity contribution in [2.24, 2.45) is 0 Å². The van der Waals surface area contributed by atoms with E-state index in [1.807, 2.05) is 6.20 Å². The third kappa shape index (κ3) is 2.88. The average Bonchev–Trinajstić information content (AvgIpc) is 2.53. The van der Waals surface area contributed by atoms with Crippen molar-refractivity contribution in [3.63, 3.8) is 0 Å². The fourth-order valence-corrected chi connectivity index (χ4v) is 3.52. The van der Waals surface area contributed by atoms with Gasteiger partial charge in [-0.2, -0.15) is 0 Å². The highest BCUT2D eigenvalue weighted by Crippen LogP contribution is 2.33. The molecule has 0 aliphatic rings. The highest BCUT2D eigenvalue weighted by atomic mass is 14.7. The number of aromatic nitrogens is 1. The van der Waals surface area contributed by atoms with Gasteiger partial charge in [0.1, 0.15) is 0 Å². The second kappa shape index (κ2) is 6.16. The van der Waals surface area contributed by atoms with Gasteiger partial charge in [-0.3, -0.25) is 4.98 Å². The van der Waals surface area contributed by atoms with Crippen LogP contribution in [0.4, 0.5) is 0 Å². The molecule has 1 heteroatoms. The van der Waals surface area contributed by atoms with Crippen molar-refractivity contribution in [2.45, 2.75) is 47.0 Å². The standard InChI is InChI=1S/C22H25N/c1-6-16(4)19-7-8-21-20(17(19)5)9-10-23-22(21)18-12-14(2)11-15(3)13-18/h7-13,16H,6H2,1-5H3. The van der Waals surface area contributed by atoms with E-state index < -0.39 is 0 Å². The van der Waals surface area contributed by atoms with Gasteiger partial charge in [0.2, 0.25) is 0 Å². The summed E-state index contributed by atoms with van der Waals surface area (Å²) in [7, 11) is 0. The summed E-state index contributed by atoms with van der Waals surface area (Å²) in [5.41, 5.74) is 7.72. The second-order valence-electron chi connectivity index (χ2n) is 6.72. The Morgan fingerprint density at radius 1 is 0.913 bits per heavy atom. The SMILES string of the molecule is CCC(C)c1ccc2c(-c3cc(C)cc(C)c3)nccc2c1C. The van der Waals surface area contributed by atoms with Gasteiger partial charge in [0.05, 0.1) is 5.69 Å². The van der Waals surface area contributed by atoms with Crippen molar-refractivity contribution < 1.29 is 0 Å². The van der Waals surface area contributed by atoms with E-state index in [0.717, 1.165) is 5.69 Å². The highest BCUT2D eigenvalue weighted by molar-refractivity contribution is 5.97.